The number of para-hydroxylation sites is 1. The van der Waals surface area contributed by atoms with Crippen molar-refractivity contribution in [3.63, 3.8) is 0 Å². The van der Waals surface area contributed by atoms with Gasteiger partial charge in [-0.25, -0.2) is 8.42 Å². The Balaban J connectivity index is 3.31. The zero-order chi connectivity index (χ0) is 13.8. The van der Waals surface area contributed by atoms with Crippen molar-refractivity contribution in [2.45, 2.75) is 31.7 Å². The van der Waals surface area contributed by atoms with Crippen LogP contribution in [0, 0.1) is 0 Å². The van der Waals surface area contributed by atoms with Gasteiger partial charge in [0.25, 0.3) is 0 Å². The molecule has 0 unspecified atom stereocenters. The summed E-state index contributed by atoms with van der Waals surface area (Å²) in [6.45, 7) is 6.87. The number of anilines is 1. The van der Waals surface area contributed by atoms with Crippen LogP contribution in [0.3, 0.4) is 0 Å². The van der Waals surface area contributed by atoms with Crippen molar-refractivity contribution in [3.8, 4) is 0 Å². The molecule has 0 fully saturated rings. The fraction of sp³-hybridized carbons (Fsp3) is 0.538. The Hall–Kier alpha value is -1.07. The smallest absolute Gasteiger partial charge is 0.180 e. The summed E-state index contributed by atoms with van der Waals surface area (Å²) in [6, 6.07) is 7.34. The second kappa shape index (κ2) is 6.20. The monoisotopic (exact) mass is 270 g/mol. The molecule has 1 aromatic carbocycles. The summed E-state index contributed by atoms with van der Waals surface area (Å²) >= 11 is 0. The topological polar surface area (TPSA) is 63.4 Å². The average molecular weight is 270 g/mol. The van der Waals surface area contributed by atoms with E-state index in [0.717, 1.165) is 5.69 Å². The molecule has 1 aromatic rings. The molecular weight excluding hydrogens is 248 g/mol. The number of benzene rings is 1. The maximum Gasteiger partial charge on any atom is 0.180 e. The first-order valence-corrected chi connectivity index (χ1v) is 7.87. The van der Waals surface area contributed by atoms with Gasteiger partial charge < -0.3 is 10.6 Å². The normalized spacial score (nSPS) is 11.8. The van der Waals surface area contributed by atoms with Crippen LogP contribution < -0.4 is 10.6 Å². The van der Waals surface area contributed by atoms with Crippen molar-refractivity contribution >= 4 is 15.5 Å². The Morgan fingerprint density at radius 1 is 1.28 bits per heavy atom. The Morgan fingerprint density at radius 3 is 2.39 bits per heavy atom. The van der Waals surface area contributed by atoms with Gasteiger partial charge in [0.1, 0.15) is 0 Å². The largest absolute Gasteiger partial charge is 0.367 e. The van der Waals surface area contributed by atoms with Gasteiger partial charge in [0.2, 0.25) is 0 Å². The minimum atomic E-state index is -3.21. The molecular formula is C13H22N2O2S. The van der Waals surface area contributed by atoms with Gasteiger partial charge in [-0.2, -0.15) is 0 Å². The molecule has 0 aliphatic rings. The molecule has 0 heterocycles. The quantitative estimate of drug-likeness (QED) is 0.854. The molecule has 18 heavy (non-hydrogen) atoms. The molecule has 0 radical (unpaired) electrons. The van der Waals surface area contributed by atoms with Crippen molar-refractivity contribution in [1.82, 2.24) is 0 Å². The first-order chi connectivity index (χ1) is 8.44. The van der Waals surface area contributed by atoms with Crippen LogP contribution in [0.5, 0.6) is 0 Å². The van der Waals surface area contributed by atoms with Crippen molar-refractivity contribution in [2.24, 2.45) is 5.73 Å². The molecule has 0 spiro atoms. The average Bonchev–Trinajstić information content (AvgIpc) is 2.35. The second-order valence-electron chi connectivity index (χ2n) is 4.45. The van der Waals surface area contributed by atoms with Crippen LogP contribution in [0.15, 0.2) is 29.2 Å². The van der Waals surface area contributed by atoms with Crippen molar-refractivity contribution in [1.29, 1.82) is 0 Å². The fourth-order valence-electron chi connectivity index (χ4n) is 1.91. The number of hydrogen-bond donors (Lipinski definition) is 1. The molecule has 5 heteroatoms. The van der Waals surface area contributed by atoms with Gasteiger partial charge in [0.05, 0.1) is 16.3 Å². The Kier molecular flexibility index (Phi) is 5.16. The van der Waals surface area contributed by atoms with E-state index in [4.69, 9.17) is 5.73 Å². The Morgan fingerprint density at radius 2 is 1.89 bits per heavy atom. The standard InChI is InChI=1S/C13H22N2O2S/c1-4-18(16,17)13-8-6-5-7-12(13)15(10-9-14)11(2)3/h5-8,11H,4,9-10,14H2,1-3H3. The van der Waals surface area contributed by atoms with Gasteiger partial charge in [-0.15, -0.1) is 0 Å². The summed E-state index contributed by atoms with van der Waals surface area (Å²) in [5, 5.41) is 0. The third kappa shape index (κ3) is 3.23. The molecule has 0 atom stereocenters. The second-order valence-corrected chi connectivity index (χ2v) is 6.69. The van der Waals surface area contributed by atoms with Crippen LogP contribution in [0.1, 0.15) is 20.8 Å². The molecule has 0 aliphatic heterocycles. The van der Waals surface area contributed by atoms with E-state index in [2.05, 4.69) is 0 Å². The maximum atomic E-state index is 12.1. The van der Waals surface area contributed by atoms with Gasteiger partial charge >= 0.3 is 0 Å². The highest BCUT2D eigenvalue weighted by Gasteiger charge is 2.21. The first-order valence-electron chi connectivity index (χ1n) is 6.22. The Labute approximate surface area is 110 Å². The van der Waals surface area contributed by atoms with E-state index in [-0.39, 0.29) is 11.8 Å². The highest BCUT2D eigenvalue weighted by Crippen LogP contribution is 2.27. The number of hydrogen-bond acceptors (Lipinski definition) is 4. The minimum absolute atomic E-state index is 0.110. The summed E-state index contributed by atoms with van der Waals surface area (Å²) in [5.74, 6) is 0.110. The maximum absolute atomic E-state index is 12.1. The summed E-state index contributed by atoms with van der Waals surface area (Å²) in [7, 11) is -3.21. The van der Waals surface area contributed by atoms with Crippen molar-refractivity contribution in [2.75, 3.05) is 23.7 Å². The third-order valence-corrected chi connectivity index (χ3v) is 4.66. The van der Waals surface area contributed by atoms with E-state index in [0.29, 0.717) is 18.0 Å². The van der Waals surface area contributed by atoms with Gasteiger partial charge in [0.15, 0.2) is 9.84 Å². The molecule has 1 rings (SSSR count). The van der Waals surface area contributed by atoms with Crippen LogP contribution in [0.4, 0.5) is 5.69 Å². The fourth-order valence-corrected chi connectivity index (χ4v) is 3.01. The van der Waals surface area contributed by atoms with Crippen LogP contribution >= 0.6 is 0 Å². The lowest BCUT2D eigenvalue weighted by Gasteiger charge is -2.30. The SMILES string of the molecule is CCS(=O)(=O)c1ccccc1N(CCN)C(C)C. The van der Waals surface area contributed by atoms with Crippen LogP contribution in [0.25, 0.3) is 0 Å². The molecule has 0 amide bonds. The highest BCUT2D eigenvalue weighted by atomic mass is 32.2. The predicted octanol–water partition coefficient (Wildman–Crippen LogP) is 1.65. The molecule has 102 valence electrons. The van der Waals surface area contributed by atoms with E-state index in [1.165, 1.54) is 0 Å². The van der Waals surface area contributed by atoms with Crippen molar-refractivity contribution < 1.29 is 8.42 Å². The van der Waals surface area contributed by atoms with E-state index in [1.54, 1.807) is 19.1 Å². The number of nitrogens with zero attached hydrogens (tertiary/aromatic N) is 1. The van der Waals surface area contributed by atoms with Crippen LogP contribution in [-0.4, -0.2) is 33.3 Å². The lowest BCUT2D eigenvalue weighted by atomic mass is 10.2. The molecule has 0 saturated heterocycles. The summed E-state index contributed by atoms with van der Waals surface area (Å²) in [4.78, 5) is 2.43. The molecule has 0 aliphatic carbocycles. The first kappa shape index (κ1) is 15.0. The van der Waals surface area contributed by atoms with E-state index >= 15 is 0 Å². The predicted molar refractivity (Wildman–Crippen MR) is 75.7 cm³/mol. The van der Waals surface area contributed by atoms with Crippen molar-refractivity contribution in [3.05, 3.63) is 24.3 Å². The lowest BCUT2D eigenvalue weighted by Crippen LogP contribution is -2.36. The lowest BCUT2D eigenvalue weighted by molar-refractivity contribution is 0.595. The van der Waals surface area contributed by atoms with E-state index < -0.39 is 9.84 Å². The number of sulfone groups is 1. The molecule has 0 saturated carbocycles. The zero-order valence-corrected chi connectivity index (χ0v) is 12.1. The van der Waals surface area contributed by atoms with E-state index in [1.807, 2.05) is 30.9 Å². The molecule has 4 nitrogen and oxygen atoms in total. The molecule has 0 aromatic heterocycles. The van der Waals surface area contributed by atoms with Gasteiger partial charge in [-0.1, -0.05) is 19.1 Å². The minimum Gasteiger partial charge on any atom is -0.367 e. The highest BCUT2D eigenvalue weighted by molar-refractivity contribution is 7.91. The number of rotatable bonds is 6. The van der Waals surface area contributed by atoms with Gasteiger partial charge in [-0.05, 0) is 26.0 Å². The summed E-state index contributed by atoms with van der Waals surface area (Å²) < 4.78 is 24.2. The number of nitrogens with two attached hydrogens (primary N) is 1. The van der Waals surface area contributed by atoms with Gasteiger partial charge in [-0.3, -0.25) is 0 Å². The molecule has 0 bridgehead atoms. The molecule has 2 N–H and O–H groups in total. The van der Waals surface area contributed by atoms with Crippen LogP contribution in [0.2, 0.25) is 0 Å². The summed E-state index contributed by atoms with van der Waals surface area (Å²) in [5.41, 5.74) is 6.35. The van der Waals surface area contributed by atoms with E-state index in [9.17, 15) is 8.42 Å². The Bertz CT molecular complexity index is 484. The van der Waals surface area contributed by atoms with Gasteiger partial charge in [0, 0.05) is 19.1 Å². The summed E-state index contributed by atoms with van der Waals surface area (Å²) in [6.07, 6.45) is 0. The van der Waals surface area contributed by atoms with Crippen LogP contribution in [-0.2, 0) is 9.84 Å². The third-order valence-electron chi connectivity index (χ3n) is 2.88. The zero-order valence-electron chi connectivity index (χ0n) is 11.3.